The fraction of sp³-hybridized carbons (Fsp3) is 0.0833. The quantitative estimate of drug-likeness (QED) is 0.880. The van der Waals surface area contributed by atoms with Crippen molar-refractivity contribution in [1.29, 1.82) is 0 Å². The van der Waals surface area contributed by atoms with Crippen molar-refractivity contribution >= 4 is 28.9 Å². The third kappa shape index (κ3) is 2.52. The van der Waals surface area contributed by atoms with Crippen LogP contribution in [0.3, 0.4) is 0 Å². The second kappa shape index (κ2) is 4.92. The Morgan fingerprint density at radius 3 is 2.59 bits per heavy atom. The third-order valence-electron chi connectivity index (χ3n) is 2.41. The number of hydrogen-bond acceptors (Lipinski definition) is 3. The van der Waals surface area contributed by atoms with E-state index < -0.39 is 0 Å². The molecule has 0 spiro atoms. The summed E-state index contributed by atoms with van der Waals surface area (Å²) in [6.45, 7) is -0.122. The standard InChI is InChI=1S/C12H10Cl2N2O/c13-9-2-1-7(3-10(9)14)12-4-8(6-17)11(15)5-16-12/h1-5,17H,6,15H2. The summed E-state index contributed by atoms with van der Waals surface area (Å²) in [5, 5.41) is 10.1. The Labute approximate surface area is 109 Å². The smallest absolute Gasteiger partial charge is 0.0707 e. The number of rotatable bonds is 2. The van der Waals surface area contributed by atoms with Gasteiger partial charge in [-0.25, -0.2) is 0 Å². The summed E-state index contributed by atoms with van der Waals surface area (Å²) in [5.41, 5.74) is 8.30. The van der Waals surface area contributed by atoms with Crippen molar-refractivity contribution < 1.29 is 5.11 Å². The first kappa shape index (κ1) is 12.2. The molecule has 0 atom stereocenters. The van der Waals surface area contributed by atoms with Crippen molar-refractivity contribution in [3.63, 3.8) is 0 Å². The Balaban J connectivity index is 2.49. The minimum atomic E-state index is -0.122. The summed E-state index contributed by atoms with van der Waals surface area (Å²) in [7, 11) is 0. The molecule has 17 heavy (non-hydrogen) atoms. The van der Waals surface area contributed by atoms with Gasteiger partial charge < -0.3 is 10.8 Å². The van der Waals surface area contributed by atoms with E-state index in [9.17, 15) is 0 Å². The van der Waals surface area contributed by atoms with Gasteiger partial charge in [-0.2, -0.15) is 0 Å². The molecule has 0 fully saturated rings. The summed E-state index contributed by atoms with van der Waals surface area (Å²) in [6.07, 6.45) is 1.52. The summed E-state index contributed by atoms with van der Waals surface area (Å²) < 4.78 is 0. The van der Waals surface area contributed by atoms with Gasteiger partial charge in [0.1, 0.15) is 0 Å². The van der Waals surface area contributed by atoms with Crippen LogP contribution in [0.5, 0.6) is 0 Å². The van der Waals surface area contributed by atoms with E-state index in [0.717, 1.165) is 5.56 Å². The summed E-state index contributed by atoms with van der Waals surface area (Å²) in [4.78, 5) is 4.19. The zero-order chi connectivity index (χ0) is 12.4. The van der Waals surface area contributed by atoms with Crippen LogP contribution >= 0.6 is 23.2 Å². The Morgan fingerprint density at radius 2 is 1.94 bits per heavy atom. The lowest BCUT2D eigenvalue weighted by Gasteiger charge is -2.06. The van der Waals surface area contributed by atoms with Crippen LogP contribution in [0.4, 0.5) is 5.69 Å². The molecule has 0 saturated carbocycles. The van der Waals surface area contributed by atoms with E-state index in [2.05, 4.69) is 4.98 Å². The van der Waals surface area contributed by atoms with Gasteiger partial charge in [0, 0.05) is 11.1 Å². The predicted octanol–water partition coefficient (Wildman–Crippen LogP) is 3.13. The van der Waals surface area contributed by atoms with Gasteiger partial charge in [-0.1, -0.05) is 29.3 Å². The Hall–Kier alpha value is -1.29. The molecule has 3 N–H and O–H groups in total. The first-order valence-corrected chi connectivity index (χ1v) is 5.68. The highest BCUT2D eigenvalue weighted by Gasteiger charge is 2.06. The molecule has 0 aliphatic heterocycles. The van der Waals surface area contributed by atoms with Gasteiger partial charge in [0.05, 0.1) is 34.2 Å². The number of nitrogens with two attached hydrogens (primary N) is 1. The number of anilines is 1. The average molecular weight is 269 g/mol. The monoisotopic (exact) mass is 268 g/mol. The van der Waals surface area contributed by atoms with Crippen LogP contribution in [0.25, 0.3) is 11.3 Å². The number of halogens is 2. The van der Waals surface area contributed by atoms with Crippen molar-refractivity contribution in [2.45, 2.75) is 6.61 Å². The van der Waals surface area contributed by atoms with Crippen molar-refractivity contribution in [2.24, 2.45) is 0 Å². The lowest BCUT2D eigenvalue weighted by atomic mass is 10.1. The number of aromatic nitrogens is 1. The molecule has 0 unspecified atom stereocenters. The first-order valence-electron chi connectivity index (χ1n) is 4.92. The van der Waals surface area contributed by atoms with Crippen molar-refractivity contribution in [3.05, 3.63) is 46.1 Å². The van der Waals surface area contributed by atoms with E-state index in [0.29, 0.717) is 27.0 Å². The van der Waals surface area contributed by atoms with E-state index >= 15 is 0 Å². The molecule has 2 rings (SSSR count). The number of pyridine rings is 1. The minimum Gasteiger partial charge on any atom is -0.397 e. The normalized spacial score (nSPS) is 10.5. The Morgan fingerprint density at radius 1 is 1.18 bits per heavy atom. The second-order valence-corrected chi connectivity index (χ2v) is 4.37. The van der Waals surface area contributed by atoms with Crippen LogP contribution < -0.4 is 5.73 Å². The Kier molecular flexibility index (Phi) is 3.52. The van der Waals surface area contributed by atoms with Gasteiger partial charge in [0.25, 0.3) is 0 Å². The van der Waals surface area contributed by atoms with Crippen LogP contribution in [-0.2, 0) is 6.61 Å². The van der Waals surface area contributed by atoms with Crippen LogP contribution in [0, 0.1) is 0 Å². The van der Waals surface area contributed by atoms with E-state index in [1.165, 1.54) is 6.20 Å². The molecule has 0 aliphatic carbocycles. The number of nitrogens with zero attached hydrogens (tertiary/aromatic N) is 1. The van der Waals surface area contributed by atoms with Crippen molar-refractivity contribution in [3.8, 4) is 11.3 Å². The highest BCUT2D eigenvalue weighted by Crippen LogP contribution is 2.28. The predicted molar refractivity (Wildman–Crippen MR) is 70.0 cm³/mol. The number of hydrogen-bond donors (Lipinski definition) is 2. The number of aliphatic hydroxyl groups is 1. The van der Waals surface area contributed by atoms with Gasteiger partial charge in [-0.15, -0.1) is 0 Å². The molecular weight excluding hydrogens is 259 g/mol. The molecule has 5 heteroatoms. The molecule has 3 nitrogen and oxygen atoms in total. The second-order valence-electron chi connectivity index (χ2n) is 3.56. The Bertz CT molecular complexity index is 558. The van der Waals surface area contributed by atoms with Gasteiger partial charge in [0.15, 0.2) is 0 Å². The topological polar surface area (TPSA) is 59.1 Å². The molecule has 0 aliphatic rings. The highest BCUT2D eigenvalue weighted by molar-refractivity contribution is 6.42. The van der Waals surface area contributed by atoms with Crippen LogP contribution in [0.15, 0.2) is 30.5 Å². The first-order chi connectivity index (χ1) is 8.11. The van der Waals surface area contributed by atoms with Crippen molar-refractivity contribution in [2.75, 3.05) is 5.73 Å². The van der Waals surface area contributed by atoms with Gasteiger partial charge in [-0.05, 0) is 18.2 Å². The molecule has 1 aromatic heterocycles. The summed E-state index contributed by atoms with van der Waals surface area (Å²) in [5.74, 6) is 0. The maximum absolute atomic E-state index is 9.13. The maximum atomic E-state index is 9.13. The van der Waals surface area contributed by atoms with E-state index in [1.807, 2.05) is 6.07 Å². The lowest BCUT2D eigenvalue weighted by molar-refractivity contribution is 0.282. The van der Waals surface area contributed by atoms with Gasteiger partial charge in [-0.3, -0.25) is 4.98 Å². The number of aliphatic hydroxyl groups excluding tert-OH is 1. The van der Waals surface area contributed by atoms with Crippen LogP contribution in [0.1, 0.15) is 5.56 Å². The molecular formula is C12H10Cl2N2O. The van der Waals surface area contributed by atoms with Crippen LogP contribution in [0.2, 0.25) is 10.0 Å². The molecule has 1 heterocycles. The zero-order valence-electron chi connectivity index (χ0n) is 8.82. The summed E-state index contributed by atoms with van der Waals surface area (Å²) in [6, 6.07) is 6.97. The molecule has 2 aromatic rings. The van der Waals surface area contributed by atoms with Crippen molar-refractivity contribution in [1.82, 2.24) is 4.98 Å². The van der Waals surface area contributed by atoms with Crippen LogP contribution in [-0.4, -0.2) is 10.1 Å². The summed E-state index contributed by atoms with van der Waals surface area (Å²) >= 11 is 11.8. The molecule has 0 radical (unpaired) electrons. The fourth-order valence-electron chi connectivity index (χ4n) is 1.46. The zero-order valence-corrected chi connectivity index (χ0v) is 10.3. The van der Waals surface area contributed by atoms with E-state index in [-0.39, 0.29) is 6.61 Å². The molecule has 0 saturated heterocycles. The highest BCUT2D eigenvalue weighted by atomic mass is 35.5. The SMILES string of the molecule is Nc1cnc(-c2ccc(Cl)c(Cl)c2)cc1CO. The molecule has 88 valence electrons. The lowest BCUT2D eigenvalue weighted by Crippen LogP contribution is -1.96. The van der Waals surface area contributed by atoms with E-state index in [4.69, 9.17) is 34.0 Å². The third-order valence-corrected chi connectivity index (χ3v) is 3.15. The molecule has 1 aromatic carbocycles. The van der Waals surface area contributed by atoms with E-state index in [1.54, 1.807) is 18.2 Å². The number of nitrogen functional groups attached to an aromatic ring is 1. The number of benzene rings is 1. The maximum Gasteiger partial charge on any atom is 0.0707 e. The van der Waals surface area contributed by atoms with Gasteiger partial charge >= 0.3 is 0 Å². The molecule has 0 bridgehead atoms. The average Bonchev–Trinajstić information content (AvgIpc) is 2.33. The largest absolute Gasteiger partial charge is 0.397 e. The fourth-order valence-corrected chi connectivity index (χ4v) is 1.76. The van der Waals surface area contributed by atoms with Gasteiger partial charge in [0.2, 0.25) is 0 Å². The minimum absolute atomic E-state index is 0.122. The molecule has 0 amide bonds.